The lowest BCUT2D eigenvalue weighted by molar-refractivity contribution is -0.125. The van der Waals surface area contributed by atoms with E-state index in [4.69, 9.17) is 11.0 Å². The predicted molar refractivity (Wildman–Crippen MR) is 53.5 cm³/mol. The predicted octanol–water partition coefficient (Wildman–Crippen LogP) is 0.779. The lowest BCUT2D eigenvalue weighted by Crippen LogP contribution is -2.44. The number of nitrogens with one attached hydrogen (secondary N) is 1. The lowest BCUT2D eigenvalue weighted by Gasteiger charge is -2.19. The van der Waals surface area contributed by atoms with E-state index in [9.17, 15) is 13.6 Å². The summed E-state index contributed by atoms with van der Waals surface area (Å²) in [7, 11) is 0. The maximum Gasteiger partial charge on any atom is 0.250 e. The van der Waals surface area contributed by atoms with Crippen LogP contribution >= 0.6 is 0 Å². The summed E-state index contributed by atoms with van der Waals surface area (Å²) in [5, 5.41) is 10.4. The summed E-state index contributed by atoms with van der Waals surface area (Å²) in [4.78, 5) is 11.2. The van der Waals surface area contributed by atoms with Gasteiger partial charge in [0, 0.05) is 12.8 Å². The molecule has 1 atom stereocenters. The van der Waals surface area contributed by atoms with Crippen molar-refractivity contribution in [1.29, 1.82) is 5.26 Å². The number of halogens is 2. The molecule has 90 valence electrons. The Morgan fingerprint density at radius 3 is 2.75 bits per heavy atom. The quantitative estimate of drug-likeness (QED) is 0.663. The van der Waals surface area contributed by atoms with Gasteiger partial charge in [-0.05, 0) is 18.8 Å². The molecule has 0 unspecified atom stereocenters. The van der Waals surface area contributed by atoms with Gasteiger partial charge in [-0.15, -0.1) is 0 Å². The molecule has 0 aromatic rings. The number of amides is 1. The van der Waals surface area contributed by atoms with Crippen molar-refractivity contribution in [3.8, 4) is 6.07 Å². The molecule has 1 saturated carbocycles. The van der Waals surface area contributed by atoms with E-state index in [2.05, 4.69) is 5.32 Å². The van der Waals surface area contributed by atoms with Gasteiger partial charge in [0.2, 0.25) is 11.8 Å². The minimum atomic E-state index is -2.88. The van der Waals surface area contributed by atoms with Gasteiger partial charge in [0.05, 0.1) is 12.1 Å². The normalized spacial score (nSPS) is 17.6. The van der Waals surface area contributed by atoms with Gasteiger partial charge in [-0.3, -0.25) is 4.79 Å². The maximum atomic E-state index is 13.3. The van der Waals surface area contributed by atoms with E-state index >= 15 is 0 Å². The number of alkyl halides is 2. The zero-order valence-corrected chi connectivity index (χ0v) is 8.88. The van der Waals surface area contributed by atoms with Crippen LogP contribution in [0.15, 0.2) is 0 Å². The second kappa shape index (κ2) is 5.21. The molecule has 16 heavy (non-hydrogen) atoms. The average molecular weight is 231 g/mol. The van der Waals surface area contributed by atoms with Crippen LogP contribution in [0.4, 0.5) is 8.78 Å². The molecule has 4 nitrogen and oxygen atoms in total. The minimum Gasteiger partial charge on any atom is -0.342 e. The molecule has 0 spiro atoms. The number of nitrogens with two attached hydrogens (primary N) is 1. The Labute approximate surface area is 92.8 Å². The molecule has 0 aliphatic heterocycles. The molecular weight excluding hydrogens is 216 g/mol. The van der Waals surface area contributed by atoms with Gasteiger partial charge in [0.15, 0.2) is 0 Å². The van der Waals surface area contributed by atoms with Gasteiger partial charge >= 0.3 is 0 Å². The molecule has 0 radical (unpaired) electrons. The van der Waals surface area contributed by atoms with Crippen LogP contribution in [-0.4, -0.2) is 24.4 Å². The highest BCUT2D eigenvalue weighted by Crippen LogP contribution is 2.40. The summed E-state index contributed by atoms with van der Waals surface area (Å²) >= 11 is 0. The van der Waals surface area contributed by atoms with Crippen molar-refractivity contribution in [1.82, 2.24) is 5.32 Å². The fraction of sp³-hybridized carbons (Fsp3) is 0.800. The van der Waals surface area contributed by atoms with E-state index in [-0.39, 0.29) is 18.9 Å². The fourth-order valence-corrected chi connectivity index (χ4v) is 1.50. The number of hydrogen-bond donors (Lipinski definition) is 2. The zero-order valence-electron chi connectivity index (χ0n) is 8.88. The third-order valence-electron chi connectivity index (χ3n) is 2.48. The Balaban J connectivity index is 2.33. The Morgan fingerprint density at radius 1 is 1.62 bits per heavy atom. The Morgan fingerprint density at radius 2 is 2.25 bits per heavy atom. The highest BCUT2D eigenvalue weighted by atomic mass is 19.3. The van der Waals surface area contributed by atoms with Gasteiger partial charge < -0.3 is 11.1 Å². The molecule has 1 rings (SSSR count). The van der Waals surface area contributed by atoms with E-state index < -0.39 is 24.3 Å². The molecular formula is C10H15F2N3O. The maximum absolute atomic E-state index is 13.3. The number of nitrogens with zero attached hydrogens (tertiary/aromatic N) is 1. The van der Waals surface area contributed by atoms with Gasteiger partial charge in [0.1, 0.15) is 6.54 Å². The Hall–Kier alpha value is -1.22. The largest absolute Gasteiger partial charge is 0.342 e. The van der Waals surface area contributed by atoms with Crippen LogP contribution < -0.4 is 11.1 Å². The topological polar surface area (TPSA) is 78.9 Å². The summed E-state index contributed by atoms with van der Waals surface area (Å²) in [6, 6.07) is 0.435. The second-order valence-corrected chi connectivity index (χ2v) is 4.19. The van der Waals surface area contributed by atoms with Crippen LogP contribution in [0.3, 0.4) is 0 Å². The molecule has 3 N–H and O–H groups in total. The Bertz CT molecular complexity index is 297. The molecule has 0 saturated heterocycles. The molecule has 0 bridgehead atoms. The van der Waals surface area contributed by atoms with Crippen molar-refractivity contribution in [2.45, 2.75) is 37.6 Å². The van der Waals surface area contributed by atoms with Crippen molar-refractivity contribution in [2.75, 3.05) is 6.54 Å². The average Bonchev–Trinajstić information content (AvgIpc) is 2.96. The smallest absolute Gasteiger partial charge is 0.250 e. The molecule has 6 heteroatoms. The molecule has 1 aliphatic carbocycles. The van der Waals surface area contributed by atoms with Gasteiger partial charge in [-0.2, -0.15) is 5.26 Å². The van der Waals surface area contributed by atoms with Crippen molar-refractivity contribution < 1.29 is 13.6 Å². The highest BCUT2D eigenvalue weighted by Gasteiger charge is 2.39. The Kier molecular flexibility index (Phi) is 4.19. The molecule has 0 heterocycles. The molecule has 0 aromatic heterocycles. The summed E-state index contributed by atoms with van der Waals surface area (Å²) in [6.45, 7) is -0.208. The van der Waals surface area contributed by atoms with Crippen LogP contribution in [0.2, 0.25) is 0 Å². The SMILES string of the molecule is N#CCNC(=O)[C@@H](N)CC(F)(F)CC1CC1. The van der Waals surface area contributed by atoms with Crippen LogP contribution in [0.5, 0.6) is 0 Å². The molecule has 1 fully saturated rings. The second-order valence-electron chi connectivity index (χ2n) is 4.19. The van der Waals surface area contributed by atoms with E-state index in [1.165, 1.54) is 0 Å². The third kappa shape index (κ3) is 4.53. The van der Waals surface area contributed by atoms with Crippen molar-refractivity contribution in [3.63, 3.8) is 0 Å². The van der Waals surface area contributed by atoms with Crippen LogP contribution in [0.25, 0.3) is 0 Å². The first-order valence-corrected chi connectivity index (χ1v) is 5.22. The molecule has 1 aliphatic rings. The number of rotatable bonds is 6. The van der Waals surface area contributed by atoms with Crippen LogP contribution in [0, 0.1) is 17.2 Å². The molecule has 0 aromatic carbocycles. The van der Waals surface area contributed by atoms with E-state index in [0.29, 0.717) is 0 Å². The van der Waals surface area contributed by atoms with Crippen LogP contribution in [0.1, 0.15) is 25.7 Å². The van der Waals surface area contributed by atoms with Gasteiger partial charge in [-0.1, -0.05) is 0 Å². The highest BCUT2D eigenvalue weighted by molar-refractivity contribution is 5.81. The van der Waals surface area contributed by atoms with Gasteiger partial charge in [0.25, 0.3) is 0 Å². The summed E-state index contributed by atoms with van der Waals surface area (Å²) < 4.78 is 26.6. The molecule has 1 amide bonds. The lowest BCUT2D eigenvalue weighted by atomic mass is 10.0. The van der Waals surface area contributed by atoms with E-state index in [1.807, 2.05) is 0 Å². The van der Waals surface area contributed by atoms with Gasteiger partial charge in [-0.25, -0.2) is 8.78 Å². The summed E-state index contributed by atoms with van der Waals surface area (Å²) in [5.41, 5.74) is 5.34. The number of nitriles is 1. The van der Waals surface area contributed by atoms with Crippen molar-refractivity contribution in [3.05, 3.63) is 0 Å². The van der Waals surface area contributed by atoms with Crippen molar-refractivity contribution >= 4 is 5.91 Å². The first-order chi connectivity index (χ1) is 7.44. The summed E-state index contributed by atoms with van der Waals surface area (Å²) in [6.07, 6.45) is 0.837. The number of carbonyl (C=O) groups excluding carboxylic acids is 1. The van der Waals surface area contributed by atoms with E-state index in [1.54, 1.807) is 6.07 Å². The van der Waals surface area contributed by atoms with E-state index in [0.717, 1.165) is 12.8 Å². The zero-order chi connectivity index (χ0) is 12.2. The summed E-state index contributed by atoms with van der Waals surface area (Å²) in [5.74, 6) is -3.49. The van der Waals surface area contributed by atoms with Crippen molar-refractivity contribution in [2.24, 2.45) is 11.7 Å². The first kappa shape index (κ1) is 12.8. The third-order valence-corrected chi connectivity index (χ3v) is 2.48. The number of hydrogen-bond acceptors (Lipinski definition) is 3. The van der Waals surface area contributed by atoms with Crippen LogP contribution in [-0.2, 0) is 4.79 Å². The first-order valence-electron chi connectivity index (χ1n) is 5.22. The monoisotopic (exact) mass is 231 g/mol. The standard InChI is InChI=1S/C10H15F2N3O/c11-10(12,5-7-1-2-7)6-8(14)9(16)15-4-3-13/h7-8H,1-2,4-6,14H2,(H,15,16)/t8-/m0/s1. The fourth-order valence-electron chi connectivity index (χ4n) is 1.50. The minimum absolute atomic E-state index is 0.0874. The number of carbonyl (C=O) groups is 1.